The number of rotatable bonds is 3. The summed E-state index contributed by atoms with van der Waals surface area (Å²) in [5.74, 6) is 0.0197. The van der Waals surface area contributed by atoms with Gasteiger partial charge in [-0.25, -0.2) is 4.79 Å². The van der Waals surface area contributed by atoms with Crippen molar-refractivity contribution in [1.82, 2.24) is 0 Å². The molecule has 0 bridgehead atoms. The highest BCUT2D eigenvalue weighted by Crippen LogP contribution is 2.39. The molecule has 0 saturated carbocycles. The van der Waals surface area contributed by atoms with Crippen LogP contribution < -0.4 is 4.74 Å². The minimum atomic E-state index is -1.27. The molecule has 1 aromatic carbocycles. The van der Waals surface area contributed by atoms with Crippen molar-refractivity contribution in [3.63, 3.8) is 0 Å². The molecule has 0 aliphatic carbocycles. The number of para-hydroxylation sites is 1. The first-order valence-corrected chi connectivity index (χ1v) is 5.56. The molecule has 1 heterocycles. The number of esters is 1. The molecule has 0 spiro atoms. The molecule has 0 amide bonds. The largest absolute Gasteiger partial charge is 0.493 e. The van der Waals surface area contributed by atoms with Crippen LogP contribution in [0.1, 0.15) is 12.0 Å². The van der Waals surface area contributed by atoms with Crippen molar-refractivity contribution in [2.75, 3.05) is 20.3 Å². The van der Waals surface area contributed by atoms with Crippen LogP contribution in [0.4, 0.5) is 0 Å². The molecule has 1 aliphatic rings. The van der Waals surface area contributed by atoms with Gasteiger partial charge in [0, 0.05) is 13.5 Å². The van der Waals surface area contributed by atoms with Crippen molar-refractivity contribution in [3.8, 4) is 11.8 Å². The normalized spacial score (nSPS) is 21.3. The lowest BCUT2D eigenvalue weighted by Crippen LogP contribution is -2.37. The summed E-state index contributed by atoms with van der Waals surface area (Å²) in [7, 11) is 1.40. The Morgan fingerprint density at radius 2 is 2.33 bits per heavy atom. The fourth-order valence-corrected chi connectivity index (χ4v) is 1.95. The highest BCUT2D eigenvalue weighted by atomic mass is 16.6. The van der Waals surface area contributed by atoms with Crippen molar-refractivity contribution in [2.24, 2.45) is 0 Å². The molecular weight excluding hydrogens is 234 g/mol. The van der Waals surface area contributed by atoms with E-state index in [1.165, 1.54) is 7.11 Å². The molecule has 5 heteroatoms. The molecule has 1 aromatic rings. The van der Waals surface area contributed by atoms with E-state index in [0.29, 0.717) is 24.3 Å². The number of benzene rings is 1. The second-order valence-electron chi connectivity index (χ2n) is 3.94. The Kier molecular flexibility index (Phi) is 3.49. The molecule has 2 rings (SSSR count). The van der Waals surface area contributed by atoms with Crippen LogP contribution in [0.15, 0.2) is 24.3 Å². The Labute approximate surface area is 105 Å². The SMILES string of the molecule is COCC(=O)O[C@]1(C#N)CCOc2ccccc21. The number of methoxy groups -OCH3 is 1. The second-order valence-corrected chi connectivity index (χ2v) is 3.94. The minimum Gasteiger partial charge on any atom is -0.493 e. The third-order valence-electron chi connectivity index (χ3n) is 2.76. The fraction of sp³-hybridized carbons (Fsp3) is 0.385. The number of carbonyl (C=O) groups is 1. The first kappa shape index (κ1) is 12.4. The van der Waals surface area contributed by atoms with E-state index in [-0.39, 0.29) is 6.61 Å². The van der Waals surface area contributed by atoms with E-state index in [1.54, 1.807) is 18.2 Å². The topological polar surface area (TPSA) is 68.5 Å². The molecule has 0 radical (unpaired) electrons. The molecule has 0 N–H and O–H groups in total. The summed E-state index contributed by atoms with van der Waals surface area (Å²) >= 11 is 0. The van der Waals surface area contributed by atoms with Gasteiger partial charge < -0.3 is 14.2 Å². The van der Waals surface area contributed by atoms with E-state index in [4.69, 9.17) is 14.2 Å². The van der Waals surface area contributed by atoms with Crippen molar-refractivity contribution >= 4 is 5.97 Å². The van der Waals surface area contributed by atoms with Gasteiger partial charge >= 0.3 is 5.97 Å². The van der Waals surface area contributed by atoms with Crippen molar-refractivity contribution in [2.45, 2.75) is 12.0 Å². The third-order valence-corrected chi connectivity index (χ3v) is 2.76. The molecular formula is C13H13NO4. The monoisotopic (exact) mass is 247 g/mol. The molecule has 0 unspecified atom stereocenters. The summed E-state index contributed by atoms with van der Waals surface area (Å²) in [6.45, 7) is 0.164. The lowest BCUT2D eigenvalue weighted by molar-refractivity contribution is -0.161. The number of hydrogen-bond donors (Lipinski definition) is 0. The zero-order valence-corrected chi connectivity index (χ0v) is 10.0. The van der Waals surface area contributed by atoms with Crippen LogP contribution >= 0.6 is 0 Å². The Morgan fingerprint density at radius 3 is 3.06 bits per heavy atom. The smallest absolute Gasteiger partial charge is 0.333 e. The predicted molar refractivity (Wildman–Crippen MR) is 61.8 cm³/mol. The van der Waals surface area contributed by atoms with E-state index in [0.717, 1.165) is 0 Å². The van der Waals surface area contributed by atoms with Crippen LogP contribution in [-0.4, -0.2) is 26.3 Å². The lowest BCUT2D eigenvalue weighted by Gasteiger charge is -2.32. The standard InChI is InChI=1S/C13H13NO4/c1-16-8-12(15)18-13(9-14)6-7-17-11-5-3-2-4-10(11)13/h2-5H,6-8H2,1H3/t13-/m0/s1. The van der Waals surface area contributed by atoms with Gasteiger partial charge in [-0.3, -0.25) is 0 Å². The Bertz CT molecular complexity index is 494. The van der Waals surface area contributed by atoms with Gasteiger partial charge in [0.2, 0.25) is 5.60 Å². The summed E-state index contributed by atoms with van der Waals surface area (Å²) in [5, 5.41) is 9.38. The minimum absolute atomic E-state index is 0.174. The summed E-state index contributed by atoms with van der Waals surface area (Å²) in [5.41, 5.74) is -0.687. The zero-order valence-electron chi connectivity index (χ0n) is 10.0. The molecule has 94 valence electrons. The third kappa shape index (κ3) is 2.15. The number of ether oxygens (including phenoxy) is 3. The number of hydrogen-bond acceptors (Lipinski definition) is 5. The fourth-order valence-electron chi connectivity index (χ4n) is 1.95. The maximum atomic E-state index is 11.5. The first-order chi connectivity index (χ1) is 8.72. The summed E-state index contributed by atoms with van der Waals surface area (Å²) in [6.07, 6.45) is 0.315. The van der Waals surface area contributed by atoms with Gasteiger partial charge in [0.1, 0.15) is 18.4 Å². The first-order valence-electron chi connectivity index (χ1n) is 5.56. The van der Waals surface area contributed by atoms with Gasteiger partial charge in [0.05, 0.1) is 12.2 Å². The molecule has 5 nitrogen and oxygen atoms in total. The average Bonchev–Trinajstić information content (AvgIpc) is 2.39. The predicted octanol–water partition coefficient (Wildman–Crippen LogP) is 1.38. The summed E-state index contributed by atoms with van der Waals surface area (Å²) in [6, 6.07) is 9.16. The van der Waals surface area contributed by atoms with E-state index in [2.05, 4.69) is 6.07 Å². The van der Waals surface area contributed by atoms with Crippen molar-refractivity contribution in [3.05, 3.63) is 29.8 Å². The molecule has 1 atom stereocenters. The van der Waals surface area contributed by atoms with E-state index >= 15 is 0 Å². The van der Waals surface area contributed by atoms with Gasteiger partial charge in [-0.05, 0) is 6.07 Å². The summed E-state index contributed by atoms with van der Waals surface area (Å²) < 4.78 is 15.4. The number of nitriles is 1. The highest BCUT2D eigenvalue weighted by Gasteiger charge is 2.41. The Balaban J connectivity index is 2.34. The summed E-state index contributed by atoms with van der Waals surface area (Å²) in [4.78, 5) is 11.5. The van der Waals surface area contributed by atoms with Gasteiger partial charge in [-0.2, -0.15) is 5.26 Å². The van der Waals surface area contributed by atoms with Crippen molar-refractivity contribution in [1.29, 1.82) is 5.26 Å². The number of carbonyl (C=O) groups excluding carboxylic acids is 1. The van der Waals surface area contributed by atoms with Crippen LogP contribution in [0.5, 0.6) is 5.75 Å². The average molecular weight is 247 g/mol. The van der Waals surface area contributed by atoms with E-state index in [1.807, 2.05) is 6.07 Å². The maximum absolute atomic E-state index is 11.5. The zero-order chi connectivity index (χ0) is 13.0. The number of fused-ring (bicyclic) bond motifs is 1. The van der Waals surface area contributed by atoms with E-state index < -0.39 is 11.6 Å². The van der Waals surface area contributed by atoms with Gasteiger partial charge in [0.15, 0.2) is 0 Å². The van der Waals surface area contributed by atoms with Crippen molar-refractivity contribution < 1.29 is 19.0 Å². The molecule has 0 fully saturated rings. The van der Waals surface area contributed by atoms with Crippen LogP contribution in [0.2, 0.25) is 0 Å². The molecule has 0 saturated heterocycles. The molecule has 18 heavy (non-hydrogen) atoms. The quantitative estimate of drug-likeness (QED) is 0.755. The Morgan fingerprint density at radius 1 is 1.56 bits per heavy atom. The lowest BCUT2D eigenvalue weighted by atomic mass is 9.89. The van der Waals surface area contributed by atoms with Gasteiger partial charge in [-0.15, -0.1) is 0 Å². The highest BCUT2D eigenvalue weighted by molar-refractivity contribution is 5.72. The maximum Gasteiger partial charge on any atom is 0.333 e. The van der Waals surface area contributed by atoms with Crippen LogP contribution in [0.3, 0.4) is 0 Å². The second kappa shape index (κ2) is 5.07. The molecule has 1 aliphatic heterocycles. The van der Waals surface area contributed by atoms with Crippen LogP contribution in [-0.2, 0) is 19.9 Å². The van der Waals surface area contributed by atoms with Crippen LogP contribution in [0, 0.1) is 11.3 Å². The van der Waals surface area contributed by atoms with Gasteiger partial charge in [0.25, 0.3) is 0 Å². The van der Waals surface area contributed by atoms with Crippen LogP contribution in [0.25, 0.3) is 0 Å². The number of nitrogens with zero attached hydrogens (tertiary/aromatic N) is 1. The van der Waals surface area contributed by atoms with Gasteiger partial charge in [-0.1, -0.05) is 18.2 Å². The Hall–Kier alpha value is -2.06. The van der Waals surface area contributed by atoms with E-state index in [9.17, 15) is 10.1 Å². The molecule has 0 aromatic heterocycles.